The molecule has 0 spiro atoms. The van der Waals surface area contributed by atoms with E-state index in [2.05, 4.69) is 16.6 Å². The van der Waals surface area contributed by atoms with Crippen molar-refractivity contribution in [2.75, 3.05) is 12.8 Å². The molecule has 100 valence electrons. The van der Waals surface area contributed by atoms with Crippen LogP contribution in [0.15, 0.2) is 40.2 Å². The summed E-state index contributed by atoms with van der Waals surface area (Å²) in [5.74, 6) is 0. The first-order valence-electron chi connectivity index (χ1n) is 5.76. The third kappa shape index (κ3) is 4.70. The molecule has 0 radical (unpaired) electrons. The van der Waals surface area contributed by atoms with Crippen LogP contribution in [0.1, 0.15) is 19.8 Å². The van der Waals surface area contributed by atoms with Gasteiger partial charge in [0, 0.05) is 6.54 Å². The number of unbranched alkanes of at least 4 members (excludes halogenated alkanes) is 1. The van der Waals surface area contributed by atoms with Crippen LogP contribution >= 0.6 is 11.8 Å². The Kier molecular flexibility index (Phi) is 6.21. The number of hydrogen-bond donors (Lipinski definition) is 1. The molecule has 0 aliphatic heterocycles. The maximum Gasteiger partial charge on any atom is 0.263 e. The summed E-state index contributed by atoms with van der Waals surface area (Å²) in [4.78, 5) is 4.48. The number of nitrogens with zero attached hydrogens (tertiary/aromatic N) is 1. The fourth-order valence-electron chi connectivity index (χ4n) is 1.25. The highest BCUT2D eigenvalue weighted by Crippen LogP contribution is 2.09. The number of thioether (sulfide) groups is 1. The summed E-state index contributed by atoms with van der Waals surface area (Å²) in [5, 5.41) is 0.437. The van der Waals surface area contributed by atoms with Gasteiger partial charge in [-0.1, -0.05) is 43.3 Å². The first-order chi connectivity index (χ1) is 8.60. The average Bonchev–Trinajstić information content (AvgIpc) is 2.38. The summed E-state index contributed by atoms with van der Waals surface area (Å²) < 4.78 is 26.6. The van der Waals surface area contributed by atoms with Crippen LogP contribution in [0.3, 0.4) is 0 Å². The molecule has 0 saturated carbocycles. The summed E-state index contributed by atoms with van der Waals surface area (Å²) in [6.07, 6.45) is 3.80. The SMILES string of the molecule is CCCCN=C(NS(=O)(=O)c1ccccc1)SC. The second-order valence-corrected chi connectivity index (χ2v) is 6.14. The summed E-state index contributed by atoms with van der Waals surface area (Å²) in [6, 6.07) is 8.30. The Hall–Kier alpha value is -1.01. The van der Waals surface area contributed by atoms with Gasteiger partial charge < -0.3 is 0 Å². The van der Waals surface area contributed by atoms with Gasteiger partial charge in [0.2, 0.25) is 0 Å². The van der Waals surface area contributed by atoms with Crippen LogP contribution in [-0.2, 0) is 10.0 Å². The molecule has 0 aliphatic carbocycles. The van der Waals surface area contributed by atoms with E-state index in [1.54, 1.807) is 36.6 Å². The van der Waals surface area contributed by atoms with Gasteiger partial charge in [0.15, 0.2) is 5.17 Å². The van der Waals surface area contributed by atoms with Gasteiger partial charge in [-0.05, 0) is 24.8 Å². The zero-order valence-electron chi connectivity index (χ0n) is 10.6. The molecule has 18 heavy (non-hydrogen) atoms. The number of nitrogens with one attached hydrogen (secondary N) is 1. The van der Waals surface area contributed by atoms with Gasteiger partial charge in [-0.15, -0.1) is 0 Å². The van der Waals surface area contributed by atoms with E-state index >= 15 is 0 Å². The quantitative estimate of drug-likeness (QED) is 0.514. The largest absolute Gasteiger partial charge is 0.263 e. The molecule has 0 atom stereocenters. The normalized spacial score (nSPS) is 12.4. The van der Waals surface area contributed by atoms with Crippen LogP contribution in [0, 0.1) is 0 Å². The maximum atomic E-state index is 12.0. The van der Waals surface area contributed by atoms with Crippen molar-refractivity contribution in [1.82, 2.24) is 4.72 Å². The fourth-order valence-corrected chi connectivity index (χ4v) is 3.06. The maximum absolute atomic E-state index is 12.0. The Labute approximate surface area is 113 Å². The van der Waals surface area contributed by atoms with Gasteiger partial charge in [0.25, 0.3) is 10.0 Å². The number of benzene rings is 1. The molecule has 0 unspecified atom stereocenters. The van der Waals surface area contributed by atoms with Gasteiger partial charge in [-0.3, -0.25) is 9.71 Å². The van der Waals surface area contributed by atoms with Gasteiger partial charge in [-0.2, -0.15) is 0 Å². The average molecular weight is 286 g/mol. The van der Waals surface area contributed by atoms with Crippen LogP contribution in [0.5, 0.6) is 0 Å². The summed E-state index contributed by atoms with van der Waals surface area (Å²) in [5.41, 5.74) is 0. The number of sulfonamides is 1. The number of hydrogen-bond acceptors (Lipinski definition) is 4. The highest BCUT2D eigenvalue weighted by Gasteiger charge is 2.14. The van der Waals surface area contributed by atoms with E-state index in [4.69, 9.17) is 0 Å². The van der Waals surface area contributed by atoms with Gasteiger partial charge in [0.05, 0.1) is 4.90 Å². The number of aliphatic imine (C=N–C) groups is 1. The highest BCUT2D eigenvalue weighted by atomic mass is 32.2. The van der Waals surface area contributed by atoms with Gasteiger partial charge >= 0.3 is 0 Å². The highest BCUT2D eigenvalue weighted by molar-refractivity contribution is 8.14. The van der Waals surface area contributed by atoms with E-state index in [9.17, 15) is 8.42 Å². The fraction of sp³-hybridized carbons (Fsp3) is 0.417. The second-order valence-electron chi connectivity index (χ2n) is 3.66. The molecule has 1 N–H and O–H groups in total. The number of amidine groups is 1. The lowest BCUT2D eigenvalue weighted by molar-refractivity contribution is 0.593. The smallest absolute Gasteiger partial charge is 0.262 e. The Bertz CT molecular complexity index is 484. The topological polar surface area (TPSA) is 58.5 Å². The lowest BCUT2D eigenvalue weighted by Crippen LogP contribution is -2.28. The van der Waals surface area contributed by atoms with Gasteiger partial charge in [0.1, 0.15) is 0 Å². The van der Waals surface area contributed by atoms with Crippen molar-refractivity contribution >= 4 is 27.0 Å². The van der Waals surface area contributed by atoms with E-state index in [1.165, 1.54) is 11.8 Å². The van der Waals surface area contributed by atoms with Gasteiger partial charge in [-0.25, -0.2) is 8.42 Å². The number of rotatable bonds is 5. The van der Waals surface area contributed by atoms with Crippen LogP contribution in [0.2, 0.25) is 0 Å². The van der Waals surface area contributed by atoms with E-state index in [0.29, 0.717) is 11.7 Å². The molecule has 0 saturated heterocycles. The van der Waals surface area contributed by atoms with E-state index < -0.39 is 10.0 Å². The molecule has 1 rings (SSSR count). The first kappa shape index (κ1) is 15.0. The van der Waals surface area contributed by atoms with Crippen molar-refractivity contribution in [2.45, 2.75) is 24.7 Å². The molecular formula is C12H18N2O2S2. The predicted octanol–water partition coefficient (Wildman–Crippen LogP) is 2.48. The van der Waals surface area contributed by atoms with Crippen molar-refractivity contribution < 1.29 is 8.42 Å². The van der Waals surface area contributed by atoms with Crippen LogP contribution in [-0.4, -0.2) is 26.4 Å². The third-order valence-electron chi connectivity index (χ3n) is 2.24. The lowest BCUT2D eigenvalue weighted by atomic mass is 10.3. The Balaban J connectivity index is 2.78. The molecule has 0 heterocycles. The minimum Gasteiger partial charge on any atom is -0.262 e. The third-order valence-corrected chi connectivity index (χ3v) is 4.34. The zero-order valence-corrected chi connectivity index (χ0v) is 12.2. The molecule has 0 aliphatic rings. The Morgan fingerprint density at radius 1 is 1.33 bits per heavy atom. The molecule has 6 heteroatoms. The van der Waals surface area contributed by atoms with Crippen molar-refractivity contribution in [1.29, 1.82) is 0 Å². The van der Waals surface area contributed by atoms with Crippen LogP contribution < -0.4 is 4.72 Å². The molecule has 4 nitrogen and oxygen atoms in total. The molecule has 0 bridgehead atoms. The molecule has 1 aromatic rings. The minimum atomic E-state index is -3.51. The van der Waals surface area contributed by atoms with Crippen LogP contribution in [0.4, 0.5) is 0 Å². The Morgan fingerprint density at radius 2 is 2.00 bits per heavy atom. The summed E-state index contributed by atoms with van der Waals surface area (Å²) in [7, 11) is -3.51. The molecular weight excluding hydrogens is 268 g/mol. The Morgan fingerprint density at radius 3 is 2.56 bits per heavy atom. The monoisotopic (exact) mass is 286 g/mol. The van der Waals surface area contributed by atoms with Crippen molar-refractivity contribution in [3.63, 3.8) is 0 Å². The minimum absolute atomic E-state index is 0.252. The lowest BCUT2D eigenvalue weighted by Gasteiger charge is -2.08. The van der Waals surface area contributed by atoms with Crippen molar-refractivity contribution in [3.8, 4) is 0 Å². The second kappa shape index (κ2) is 7.43. The molecule has 0 amide bonds. The molecule has 1 aromatic carbocycles. The van der Waals surface area contributed by atoms with E-state index in [1.807, 2.05) is 0 Å². The standard InChI is InChI=1S/C12H18N2O2S2/c1-3-4-10-13-12(17-2)14-18(15,16)11-8-6-5-7-9-11/h5-9H,3-4,10H2,1-2H3,(H,13,14). The summed E-state index contributed by atoms with van der Waals surface area (Å²) in [6.45, 7) is 2.71. The van der Waals surface area contributed by atoms with Crippen molar-refractivity contribution in [2.24, 2.45) is 4.99 Å². The first-order valence-corrected chi connectivity index (χ1v) is 8.47. The van der Waals surface area contributed by atoms with E-state index in [-0.39, 0.29) is 4.90 Å². The summed E-state index contributed by atoms with van der Waals surface area (Å²) >= 11 is 1.30. The zero-order chi connectivity index (χ0) is 13.4. The van der Waals surface area contributed by atoms with E-state index in [0.717, 1.165) is 12.8 Å². The van der Waals surface area contributed by atoms with Crippen LogP contribution in [0.25, 0.3) is 0 Å². The predicted molar refractivity (Wildman–Crippen MR) is 77.5 cm³/mol. The van der Waals surface area contributed by atoms with Crippen molar-refractivity contribution in [3.05, 3.63) is 30.3 Å². The molecule has 0 aromatic heterocycles. The molecule has 0 fully saturated rings.